The van der Waals surface area contributed by atoms with Gasteiger partial charge in [0.15, 0.2) is 6.17 Å². The first-order valence-corrected chi connectivity index (χ1v) is 12.1. The maximum absolute atomic E-state index is 13.5. The van der Waals surface area contributed by atoms with Gasteiger partial charge >= 0.3 is 12.1 Å². The van der Waals surface area contributed by atoms with Crippen molar-refractivity contribution in [3.05, 3.63) is 60.2 Å². The van der Waals surface area contributed by atoms with Crippen LogP contribution >= 0.6 is 0 Å². The number of carbonyl (C=O) groups is 3. The molecule has 186 valence electrons. The highest BCUT2D eigenvalue weighted by atomic mass is 16.6. The summed E-state index contributed by atoms with van der Waals surface area (Å²) in [7, 11) is 0. The van der Waals surface area contributed by atoms with E-state index in [1.807, 2.05) is 31.2 Å². The summed E-state index contributed by atoms with van der Waals surface area (Å²) >= 11 is 0. The standard InChI is InChI=1S/C26H33N5O4/c1-18-7-5-8-21(17-18)29-25(33)30-15-6-16-31(26(34)35-22-9-3-2-4-10-22)24(30)23(32)28-20-13-11-19(27)12-14-20/h2-5,7-10,17,19-20,24H,6,11-16,27H2,1H3,(H,28,32)(H,29,33). The average Bonchev–Trinajstić information content (AvgIpc) is 2.85. The van der Waals surface area contributed by atoms with Gasteiger partial charge < -0.3 is 21.1 Å². The molecule has 2 aliphatic rings. The lowest BCUT2D eigenvalue weighted by molar-refractivity contribution is -0.133. The molecule has 1 aliphatic heterocycles. The molecule has 4 N–H and O–H groups in total. The molecule has 1 heterocycles. The molecule has 0 spiro atoms. The molecule has 1 saturated carbocycles. The summed E-state index contributed by atoms with van der Waals surface area (Å²) in [5, 5.41) is 5.92. The fourth-order valence-electron chi connectivity index (χ4n) is 4.62. The predicted octanol–water partition coefficient (Wildman–Crippen LogP) is 3.45. The second-order valence-electron chi connectivity index (χ2n) is 9.21. The molecule has 0 bridgehead atoms. The van der Waals surface area contributed by atoms with Crippen LogP contribution in [0.4, 0.5) is 15.3 Å². The van der Waals surface area contributed by atoms with Crippen LogP contribution in [0.2, 0.25) is 0 Å². The molecule has 0 radical (unpaired) electrons. The van der Waals surface area contributed by atoms with Gasteiger partial charge in [0.1, 0.15) is 5.75 Å². The van der Waals surface area contributed by atoms with Gasteiger partial charge in [-0.25, -0.2) is 9.59 Å². The molecule has 9 nitrogen and oxygen atoms in total. The number of anilines is 1. The molecular formula is C26H33N5O4. The maximum Gasteiger partial charge on any atom is 0.417 e. The van der Waals surface area contributed by atoms with Gasteiger partial charge in [0, 0.05) is 30.9 Å². The summed E-state index contributed by atoms with van der Waals surface area (Å²) in [6.45, 7) is 2.57. The fourth-order valence-corrected chi connectivity index (χ4v) is 4.62. The van der Waals surface area contributed by atoms with Gasteiger partial charge in [0.2, 0.25) is 0 Å². The number of hydrogen-bond donors (Lipinski definition) is 3. The largest absolute Gasteiger partial charge is 0.417 e. The summed E-state index contributed by atoms with van der Waals surface area (Å²) in [5.41, 5.74) is 7.63. The third-order valence-corrected chi connectivity index (χ3v) is 6.45. The van der Waals surface area contributed by atoms with Gasteiger partial charge in [-0.2, -0.15) is 0 Å². The Kier molecular flexibility index (Phi) is 7.87. The number of aryl methyl sites for hydroxylation is 1. The Morgan fingerprint density at radius 3 is 2.37 bits per heavy atom. The van der Waals surface area contributed by atoms with Gasteiger partial charge in [0.05, 0.1) is 0 Å². The van der Waals surface area contributed by atoms with Gasteiger partial charge in [0.25, 0.3) is 5.91 Å². The number of urea groups is 1. The minimum Gasteiger partial charge on any atom is -0.410 e. The molecule has 1 atom stereocenters. The van der Waals surface area contributed by atoms with Gasteiger partial charge in [-0.1, -0.05) is 30.3 Å². The number of benzene rings is 2. The minimum absolute atomic E-state index is 0.0436. The Morgan fingerprint density at radius 2 is 1.66 bits per heavy atom. The van der Waals surface area contributed by atoms with Crippen molar-refractivity contribution in [2.45, 2.75) is 57.3 Å². The molecule has 1 saturated heterocycles. The topological polar surface area (TPSA) is 117 Å². The van der Waals surface area contributed by atoms with Crippen molar-refractivity contribution in [3.8, 4) is 5.75 Å². The van der Waals surface area contributed by atoms with E-state index >= 15 is 0 Å². The second-order valence-corrected chi connectivity index (χ2v) is 9.21. The van der Waals surface area contributed by atoms with Crippen molar-refractivity contribution >= 4 is 23.7 Å². The molecule has 2 fully saturated rings. The quantitative estimate of drug-likeness (QED) is 0.621. The summed E-state index contributed by atoms with van der Waals surface area (Å²) in [6.07, 6.45) is 1.91. The highest BCUT2D eigenvalue weighted by Gasteiger charge is 2.42. The number of ether oxygens (including phenoxy) is 1. The number of nitrogens with one attached hydrogen (secondary N) is 2. The fraction of sp³-hybridized carbons (Fsp3) is 0.423. The smallest absolute Gasteiger partial charge is 0.410 e. The zero-order valence-corrected chi connectivity index (χ0v) is 20.0. The van der Waals surface area contributed by atoms with Gasteiger partial charge in [-0.05, 0) is 68.9 Å². The summed E-state index contributed by atoms with van der Waals surface area (Å²) in [4.78, 5) is 42.7. The lowest BCUT2D eigenvalue weighted by atomic mass is 9.92. The van der Waals surface area contributed by atoms with Crippen molar-refractivity contribution in [1.29, 1.82) is 0 Å². The van der Waals surface area contributed by atoms with Crippen LogP contribution in [-0.4, -0.2) is 59.2 Å². The van der Waals surface area contributed by atoms with Crippen LogP contribution in [0, 0.1) is 6.92 Å². The van der Waals surface area contributed by atoms with Crippen LogP contribution in [0.15, 0.2) is 54.6 Å². The van der Waals surface area contributed by atoms with Crippen LogP contribution in [-0.2, 0) is 4.79 Å². The Labute approximate surface area is 205 Å². The number of amides is 4. The van der Waals surface area contributed by atoms with Crippen LogP contribution < -0.4 is 21.1 Å². The van der Waals surface area contributed by atoms with Crippen molar-refractivity contribution in [2.24, 2.45) is 5.73 Å². The minimum atomic E-state index is -1.12. The maximum atomic E-state index is 13.5. The van der Waals surface area contributed by atoms with E-state index in [0.29, 0.717) is 30.9 Å². The summed E-state index contributed by atoms with van der Waals surface area (Å²) in [6, 6.07) is 15.8. The molecule has 0 aromatic heterocycles. The van der Waals surface area contributed by atoms with Crippen molar-refractivity contribution in [1.82, 2.24) is 15.1 Å². The first-order chi connectivity index (χ1) is 16.9. The molecule has 1 aliphatic carbocycles. The Balaban J connectivity index is 1.54. The Bertz CT molecular complexity index is 1040. The highest BCUT2D eigenvalue weighted by molar-refractivity contribution is 5.95. The number of para-hydroxylation sites is 1. The number of carbonyl (C=O) groups excluding carboxylic acids is 3. The van der Waals surface area contributed by atoms with Gasteiger partial charge in [-0.3, -0.25) is 14.6 Å². The highest BCUT2D eigenvalue weighted by Crippen LogP contribution is 2.22. The predicted molar refractivity (Wildman–Crippen MR) is 133 cm³/mol. The zero-order valence-electron chi connectivity index (χ0n) is 20.0. The second kappa shape index (κ2) is 11.2. The normalized spacial score (nSPS) is 22.3. The van der Waals surface area contributed by atoms with Gasteiger partial charge in [-0.15, -0.1) is 0 Å². The molecule has 1 unspecified atom stereocenters. The van der Waals surface area contributed by atoms with E-state index in [-0.39, 0.29) is 12.1 Å². The van der Waals surface area contributed by atoms with E-state index in [1.54, 1.807) is 30.3 Å². The molecule has 9 heteroatoms. The van der Waals surface area contributed by atoms with E-state index in [1.165, 1.54) is 9.80 Å². The number of rotatable bonds is 4. The molecule has 35 heavy (non-hydrogen) atoms. The SMILES string of the molecule is Cc1cccc(NC(=O)N2CCCN(C(=O)Oc3ccccc3)C2C(=O)NC2CCC(N)CC2)c1. The lowest BCUT2D eigenvalue weighted by Gasteiger charge is -2.42. The molecule has 2 aromatic rings. The third kappa shape index (κ3) is 6.30. The number of hydrogen-bond acceptors (Lipinski definition) is 5. The first-order valence-electron chi connectivity index (χ1n) is 12.1. The van der Waals surface area contributed by atoms with Crippen molar-refractivity contribution in [2.75, 3.05) is 18.4 Å². The van der Waals surface area contributed by atoms with Crippen LogP contribution in [0.25, 0.3) is 0 Å². The van der Waals surface area contributed by atoms with Crippen LogP contribution in [0.5, 0.6) is 5.75 Å². The van der Waals surface area contributed by atoms with Crippen LogP contribution in [0.1, 0.15) is 37.7 Å². The average molecular weight is 480 g/mol. The molecule has 4 rings (SSSR count). The molecule has 4 amide bonds. The molecule has 2 aromatic carbocycles. The summed E-state index contributed by atoms with van der Waals surface area (Å²) < 4.78 is 5.53. The monoisotopic (exact) mass is 479 g/mol. The van der Waals surface area contributed by atoms with Crippen molar-refractivity contribution in [3.63, 3.8) is 0 Å². The lowest BCUT2D eigenvalue weighted by Crippen LogP contribution is -2.65. The van der Waals surface area contributed by atoms with Crippen molar-refractivity contribution < 1.29 is 19.1 Å². The first kappa shape index (κ1) is 24.5. The number of nitrogens with two attached hydrogens (primary N) is 1. The van der Waals surface area contributed by atoms with E-state index in [0.717, 1.165) is 31.2 Å². The van der Waals surface area contributed by atoms with E-state index in [9.17, 15) is 14.4 Å². The number of nitrogens with zero attached hydrogens (tertiary/aromatic N) is 2. The molecular weight excluding hydrogens is 446 g/mol. The Morgan fingerprint density at radius 1 is 0.943 bits per heavy atom. The zero-order chi connectivity index (χ0) is 24.8. The Hall–Kier alpha value is -3.59. The third-order valence-electron chi connectivity index (χ3n) is 6.45. The van der Waals surface area contributed by atoms with E-state index in [2.05, 4.69) is 10.6 Å². The summed E-state index contributed by atoms with van der Waals surface area (Å²) in [5.74, 6) is -0.0196. The van der Waals surface area contributed by atoms with E-state index < -0.39 is 24.2 Å². The van der Waals surface area contributed by atoms with E-state index in [4.69, 9.17) is 10.5 Å². The van der Waals surface area contributed by atoms with Crippen LogP contribution in [0.3, 0.4) is 0 Å².